The Bertz CT molecular complexity index is 602. The lowest BCUT2D eigenvalue weighted by molar-refractivity contribution is -0.132. The molecule has 6 heteroatoms. The van der Waals surface area contributed by atoms with Crippen molar-refractivity contribution in [3.8, 4) is 0 Å². The van der Waals surface area contributed by atoms with Gasteiger partial charge in [0.05, 0.1) is 10.6 Å². The molecule has 22 heavy (non-hydrogen) atoms. The zero-order chi connectivity index (χ0) is 15.7. The summed E-state index contributed by atoms with van der Waals surface area (Å²) in [6.45, 7) is 2.50. The van der Waals surface area contributed by atoms with Crippen molar-refractivity contribution < 1.29 is 9.59 Å². The summed E-state index contributed by atoms with van der Waals surface area (Å²) < 4.78 is 0. The predicted molar refractivity (Wildman–Crippen MR) is 86.3 cm³/mol. The molecular weight excluding hydrogens is 323 g/mol. The van der Waals surface area contributed by atoms with Gasteiger partial charge in [0.1, 0.15) is 0 Å². The zero-order valence-electron chi connectivity index (χ0n) is 12.2. The van der Waals surface area contributed by atoms with Gasteiger partial charge < -0.3 is 9.80 Å². The van der Waals surface area contributed by atoms with Crippen molar-refractivity contribution in [2.75, 3.05) is 26.2 Å². The van der Waals surface area contributed by atoms with Gasteiger partial charge in [-0.15, -0.1) is 0 Å². The van der Waals surface area contributed by atoms with Gasteiger partial charge in [0.15, 0.2) is 0 Å². The molecule has 1 saturated carbocycles. The number of rotatable bonds is 2. The first-order chi connectivity index (χ1) is 10.6. The van der Waals surface area contributed by atoms with Crippen LogP contribution in [0.2, 0.25) is 10.0 Å². The van der Waals surface area contributed by atoms with Crippen molar-refractivity contribution in [1.82, 2.24) is 9.80 Å². The zero-order valence-corrected chi connectivity index (χ0v) is 13.7. The lowest BCUT2D eigenvalue weighted by Gasteiger charge is -2.22. The smallest absolute Gasteiger partial charge is 0.255 e. The van der Waals surface area contributed by atoms with Crippen LogP contribution in [-0.4, -0.2) is 47.8 Å². The Kier molecular flexibility index (Phi) is 4.59. The van der Waals surface area contributed by atoms with Crippen molar-refractivity contribution in [1.29, 1.82) is 0 Å². The maximum absolute atomic E-state index is 12.6. The minimum Gasteiger partial charge on any atom is -0.341 e. The van der Waals surface area contributed by atoms with E-state index in [0.29, 0.717) is 35.2 Å². The SMILES string of the molecule is O=C(c1cc(Cl)ccc1Cl)N1CCCN(C(=O)C2CC2)CC1. The van der Waals surface area contributed by atoms with Gasteiger partial charge in [0, 0.05) is 37.1 Å². The summed E-state index contributed by atoms with van der Waals surface area (Å²) in [5.74, 6) is 0.355. The molecule has 0 aromatic heterocycles. The fourth-order valence-corrected chi connectivity index (χ4v) is 3.13. The Labute approximate surface area is 140 Å². The van der Waals surface area contributed by atoms with Gasteiger partial charge in [0.2, 0.25) is 5.91 Å². The summed E-state index contributed by atoms with van der Waals surface area (Å²) in [5.41, 5.74) is 0.427. The van der Waals surface area contributed by atoms with E-state index in [1.54, 1.807) is 23.1 Å². The summed E-state index contributed by atoms with van der Waals surface area (Å²) in [5, 5.41) is 0.901. The van der Waals surface area contributed by atoms with E-state index in [4.69, 9.17) is 23.2 Å². The summed E-state index contributed by atoms with van der Waals surface area (Å²) in [6, 6.07) is 4.90. The third-order valence-corrected chi connectivity index (χ3v) is 4.74. The monoisotopic (exact) mass is 340 g/mol. The number of hydrogen-bond acceptors (Lipinski definition) is 2. The molecule has 2 amide bonds. The van der Waals surface area contributed by atoms with Crippen molar-refractivity contribution in [3.63, 3.8) is 0 Å². The highest BCUT2D eigenvalue weighted by atomic mass is 35.5. The number of amides is 2. The first-order valence-electron chi connectivity index (χ1n) is 7.59. The molecule has 1 aromatic rings. The lowest BCUT2D eigenvalue weighted by Crippen LogP contribution is -2.38. The third kappa shape index (κ3) is 3.39. The molecule has 0 bridgehead atoms. The Morgan fingerprint density at radius 1 is 1.00 bits per heavy atom. The van der Waals surface area contributed by atoms with Gasteiger partial charge in [0.25, 0.3) is 5.91 Å². The summed E-state index contributed by atoms with van der Waals surface area (Å²) in [4.78, 5) is 28.4. The summed E-state index contributed by atoms with van der Waals surface area (Å²) in [7, 11) is 0. The molecule has 1 heterocycles. The van der Waals surface area contributed by atoms with E-state index in [1.165, 1.54) is 0 Å². The van der Waals surface area contributed by atoms with Crippen LogP contribution in [0, 0.1) is 5.92 Å². The Morgan fingerprint density at radius 3 is 2.41 bits per heavy atom. The van der Waals surface area contributed by atoms with E-state index in [1.807, 2.05) is 4.90 Å². The van der Waals surface area contributed by atoms with Crippen molar-refractivity contribution in [3.05, 3.63) is 33.8 Å². The third-order valence-electron chi connectivity index (χ3n) is 4.18. The fraction of sp³-hybridized carbons (Fsp3) is 0.500. The van der Waals surface area contributed by atoms with Crippen LogP contribution in [-0.2, 0) is 4.79 Å². The molecule has 0 atom stereocenters. The van der Waals surface area contributed by atoms with E-state index in [2.05, 4.69) is 0 Å². The fourth-order valence-electron chi connectivity index (χ4n) is 2.76. The normalized spacial score (nSPS) is 19.0. The summed E-state index contributed by atoms with van der Waals surface area (Å²) in [6.07, 6.45) is 2.81. The molecule has 0 N–H and O–H groups in total. The van der Waals surface area contributed by atoms with Crippen LogP contribution in [0.1, 0.15) is 29.6 Å². The number of benzene rings is 1. The molecule has 0 unspecified atom stereocenters. The van der Waals surface area contributed by atoms with E-state index in [0.717, 1.165) is 25.8 Å². The second-order valence-corrected chi connectivity index (χ2v) is 6.71. The molecule has 0 radical (unpaired) electrons. The molecule has 0 spiro atoms. The average molecular weight is 341 g/mol. The molecule has 2 fully saturated rings. The number of carbonyl (C=O) groups excluding carboxylic acids is 2. The quantitative estimate of drug-likeness (QED) is 0.829. The number of nitrogens with zero attached hydrogens (tertiary/aromatic N) is 2. The van der Waals surface area contributed by atoms with E-state index in [-0.39, 0.29) is 17.7 Å². The van der Waals surface area contributed by atoms with E-state index in [9.17, 15) is 9.59 Å². The van der Waals surface area contributed by atoms with Crippen LogP contribution in [0.3, 0.4) is 0 Å². The standard InChI is InChI=1S/C16H18Cl2N2O2/c17-12-4-5-14(18)13(10-12)16(22)20-7-1-6-19(8-9-20)15(21)11-2-3-11/h4-5,10-11H,1-3,6-9H2. The van der Waals surface area contributed by atoms with Crippen LogP contribution in [0.25, 0.3) is 0 Å². The molecule has 1 aliphatic heterocycles. The maximum Gasteiger partial charge on any atom is 0.255 e. The van der Waals surface area contributed by atoms with Crippen LogP contribution in [0.5, 0.6) is 0 Å². The molecule has 118 valence electrons. The van der Waals surface area contributed by atoms with Gasteiger partial charge in [-0.3, -0.25) is 9.59 Å². The maximum atomic E-state index is 12.6. The molecule has 1 aromatic carbocycles. The van der Waals surface area contributed by atoms with Crippen LogP contribution < -0.4 is 0 Å². The first kappa shape index (κ1) is 15.6. The number of halogens is 2. The highest BCUT2D eigenvalue weighted by Gasteiger charge is 2.34. The second-order valence-electron chi connectivity index (χ2n) is 5.87. The van der Waals surface area contributed by atoms with Crippen molar-refractivity contribution >= 4 is 35.0 Å². The minimum atomic E-state index is -0.117. The number of hydrogen-bond donors (Lipinski definition) is 0. The van der Waals surface area contributed by atoms with Crippen LogP contribution in [0.4, 0.5) is 0 Å². The molecule has 3 rings (SSSR count). The van der Waals surface area contributed by atoms with Gasteiger partial charge in [-0.05, 0) is 37.5 Å². The van der Waals surface area contributed by atoms with Crippen LogP contribution in [0.15, 0.2) is 18.2 Å². The Balaban J connectivity index is 1.68. The lowest BCUT2D eigenvalue weighted by atomic mass is 10.2. The topological polar surface area (TPSA) is 40.6 Å². The first-order valence-corrected chi connectivity index (χ1v) is 8.35. The number of carbonyl (C=O) groups is 2. The van der Waals surface area contributed by atoms with Crippen molar-refractivity contribution in [2.45, 2.75) is 19.3 Å². The molecule has 1 aliphatic carbocycles. The average Bonchev–Trinajstić information content (AvgIpc) is 3.34. The largest absolute Gasteiger partial charge is 0.341 e. The second kappa shape index (κ2) is 6.47. The van der Waals surface area contributed by atoms with Gasteiger partial charge in [-0.25, -0.2) is 0 Å². The van der Waals surface area contributed by atoms with Gasteiger partial charge in [-0.1, -0.05) is 23.2 Å². The Hall–Kier alpha value is -1.26. The van der Waals surface area contributed by atoms with Crippen molar-refractivity contribution in [2.24, 2.45) is 5.92 Å². The van der Waals surface area contributed by atoms with E-state index < -0.39 is 0 Å². The highest BCUT2D eigenvalue weighted by Crippen LogP contribution is 2.31. The molecular formula is C16H18Cl2N2O2. The van der Waals surface area contributed by atoms with Gasteiger partial charge >= 0.3 is 0 Å². The molecule has 1 saturated heterocycles. The Morgan fingerprint density at radius 2 is 1.68 bits per heavy atom. The van der Waals surface area contributed by atoms with E-state index >= 15 is 0 Å². The predicted octanol–water partition coefficient (Wildman–Crippen LogP) is 3.08. The van der Waals surface area contributed by atoms with Crippen LogP contribution >= 0.6 is 23.2 Å². The molecule has 2 aliphatic rings. The minimum absolute atomic E-state index is 0.117. The highest BCUT2D eigenvalue weighted by molar-refractivity contribution is 6.35. The molecule has 4 nitrogen and oxygen atoms in total. The van der Waals surface area contributed by atoms with Gasteiger partial charge in [-0.2, -0.15) is 0 Å². The summed E-state index contributed by atoms with van der Waals surface area (Å²) >= 11 is 12.1.